The number of fused-ring (bicyclic) bond motifs is 1. The molecular formula is C14H20N6O2. The van der Waals surface area contributed by atoms with Crippen LogP contribution in [-0.2, 0) is 4.74 Å². The van der Waals surface area contributed by atoms with Crippen LogP contribution in [0.2, 0.25) is 0 Å². The molecule has 2 aromatic heterocycles. The molecular weight excluding hydrogens is 284 g/mol. The van der Waals surface area contributed by atoms with E-state index in [4.69, 9.17) is 4.74 Å². The molecule has 1 aliphatic rings. The minimum Gasteiger partial charge on any atom is -0.379 e. The molecule has 1 fully saturated rings. The highest BCUT2D eigenvalue weighted by Gasteiger charge is 2.15. The standard InChI is InChI=1S/C14H20N6O2/c1-10-9-11(2)20-14(16-10)17-12(18-20)13(21)15-3-4-19-5-7-22-8-6-19/h9H,3-8H2,1-2H3,(H,15,21). The van der Waals surface area contributed by atoms with Crippen LogP contribution in [0.1, 0.15) is 22.0 Å². The Morgan fingerprint density at radius 2 is 2.09 bits per heavy atom. The van der Waals surface area contributed by atoms with Gasteiger partial charge >= 0.3 is 0 Å². The van der Waals surface area contributed by atoms with Gasteiger partial charge in [-0.05, 0) is 19.9 Å². The van der Waals surface area contributed by atoms with Crippen molar-refractivity contribution in [3.63, 3.8) is 0 Å². The average molecular weight is 304 g/mol. The van der Waals surface area contributed by atoms with Crippen molar-refractivity contribution >= 4 is 11.7 Å². The van der Waals surface area contributed by atoms with Crippen LogP contribution in [0.5, 0.6) is 0 Å². The fourth-order valence-corrected chi connectivity index (χ4v) is 2.49. The summed E-state index contributed by atoms with van der Waals surface area (Å²) < 4.78 is 6.88. The van der Waals surface area contributed by atoms with Crippen LogP contribution in [0.25, 0.3) is 5.78 Å². The van der Waals surface area contributed by atoms with Crippen LogP contribution >= 0.6 is 0 Å². The van der Waals surface area contributed by atoms with Crippen LogP contribution in [0, 0.1) is 13.8 Å². The van der Waals surface area contributed by atoms with Crippen molar-refractivity contribution in [2.75, 3.05) is 39.4 Å². The molecule has 0 atom stereocenters. The number of nitrogens with zero attached hydrogens (tertiary/aromatic N) is 5. The van der Waals surface area contributed by atoms with E-state index in [1.165, 1.54) is 0 Å². The Labute approximate surface area is 128 Å². The number of aromatic nitrogens is 4. The maximum Gasteiger partial charge on any atom is 0.291 e. The maximum absolute atomic E-state index is 12.1. The van der Waals surface area contributed by atoms with Crippen molar-refractivity contribution < 1.29 is 9.53 Å². The molecule has 1 N–H and O–H groups in total. The van der Waals surface area contributed by atoms with Crippen molar-refractivity contribution in [1.82, 2.24) is 29.8 Å². The van der Waals surface area contributed by atoms with E-state index in [1.54, 1.807) is 4.52 Å². The number of carbonyl (C=O) groups is 1. The molecule has 0 bridgehead atoms. The molecule has 2 aromatic rings. The molecule has 0 unspecified atom stereocenters. The fraction of sp³-hybridized carbons (Fsp3) is 0.571. The summed E-state index contributed by atoms with van der Waals surface area (Å²) >= 11 is 0. The highest BCUT2D eigenvalue weighted by molar-refractivity contribution is 5.90. The molecule has 3 heterocycles. The first-order chi connectivity index (χ1) is 10.6. The highest BCUT2D eigenvalue weighted by atomic mass is 16.5. The van der Waals surface area contributed by atoms with Crippen LogP contribution in [0.3, 0.4) is 0 Å². The molecule has 1 aliphatic heterocycles. The molecule has 0 saturated carbocycles. The number of morpholine rings is 1. The van der Waals surface area contributed by atoms with Crippen LogP contribution in [0.15, 0.2) is 6.07 Å². The molecule has 0 spiro atoms. The second-order valence-corrected chi connectivity index (χ2v) is 5.40. The summed E-state index contributed by atoms with van der Waals surface area (Å²) in [6.07, 6.45) is 0. The third kappa shape index (κ3) is 3.23. The topological polar surface area (TPSA) is 84.7 Å². The lowest BCUT2D eigenvalue weighted by Gasteiger charge is -2.26. The van der Waals surface area contributed by atoms with E-state index in [0.29, 0.717) is 12.3 Å². The second kappa shape index (κ2) is 6.37. The van der Waals surface area contributed by atoms with E-state index < -0.39 is 0 Å². The SMILES string of the molecule is Cc1cc(C)n2nc(C(=O)NCCN3CCOCC3)nc2n1. The van der Waals surface area contributed by atoms with Gasteiger partial charge in [-0.1, -0.05) is 0 Å². The van der Waals surface area contributed by atoms with Gasteiger partial charge in [0.05, 0.1) is 13.2 Å². The molecule has 0 aliphatic carbocycles. The van der Waals surface area contributed by atoms with E-state index in [2.05, 4.69) is 25.3 Å². The van der Waals surface area contributed by atoms with Gasteiger partial charge in [-0.2, -0.15) is 4.98 Å². The van der Waals surface area contributed by atoms with Crippen molar-refractivity contribution in [1.29, 1.82) is 0 Å². The van der Waals surface area contributed by atoms with Gasteiger partial charge in [-0.15, -0.1) is 5.10 Å². The van der Waals surface area contributed by atoms with Gasteiger partial charge in [0.1, 0.15) is 0 Å². The normalized spacial score (nSPS) is 16.1. The zero-order valence-corrected chi connectivity index (χ0v) is 12.9. The number of hydrogen-bond donors (Lipinski definition) is 1. The van der Waals surface area contributed by atoms with E-state index >= 15 is 0 Å². The molecule has 8 nitrogen and oxygen atoms in total. The zero-order chi connectivity index (χ0) is 15.5. The number of aryl methyl sites for hydroxylation is 2. The molecule has 3 rings (SSSR count). The molecule has 118 valence electrons. The molecule has 22 heavy (non-hydrogen) atoms. The van der Waals surface area contributed by atoms with Crippen molar-refractivity contribution in [2.45, 2.75) is 13.8 Å². The summed E-state index contributed by atoms with van der Waals surface area (Å²) in [7, 11) is 0. The molecule has 1 amide bonds. The predicted octanol–water partition coefficient (Wildman–Crippen LogP) is -0.197. The largest absolute Gasteiger partial charge is 0.379 e. The number of carbonyl (C=O) groups excluding carboxylic acids is 1. The lowest BCUT2D eigenvalue weighted by atomic mass is 10.4. The second-order valence-electron chi connectivity index (χ2n) is 5.40. The number of amides is 1. The predicted molar refractivity (Wildman–Crippen MR) is 79.8 cm³/mol. The van der Waals surface area contributed by atoms with Crippen LogP contribution in [0.4, 0.5) is 0 Å². The summed E-state index contributed by atoms with van der Waals surface area (Å²) in [5.74, 6) is 0.342. The highest BCUT2D eigenvalue weighted by Crippen LogP contribution is 2.05. The third-order valence-electron chi connectivity index (χ3n) is 3.64. The summed E-state index contributed by atoms with van der Waals surface area (Å²) in [6, 6.07) is 1.90. The number of rotatable bonds is 4. The number of ether oxygens (including phenoxy) is 1. The Balaban J connectivity index is 1.61. The molecule has 1 saturated heterocycles. The number of hydrogen-bond acceptors (Lipinski definition) is 6. The first-order valence-electron chi connectivity index (χ1n) is 7.43. The minimum absolute atomic E-state index is 0.156. The van der Waals surface area contributed by atoms with Crippen LogP contribution < -0.4 is 5.32 Å². The smallest absolute Gasteiger partial charge is 0.291 e. The maximum atomic E-state index is 12.1. The van der Waals surface area contributed by atoms with E-state index in [-0.39, 0.29) is 11.7 Å². The Morgan fingerprint density at radius 3 is 2.86 bits per heavy atom. The van der Waals surface area contributed by atoms with E-state index in [0.717, 1.165) is 44.2 Å². The van der Waals surface area contributed by atoms with Crippen molar-refractivity contribution in [3.05, 3.63) is 23.3 Å². The van der Waals surface area contributed by atoms with Gasteiger partial charge in [-0.25, -0.2) is 9.50 Å². The van der Waals surface area contributed by atoms with Gasteiger partial charge < -0.3 is 10.1 Å². The molecule has 0 aromatic carbocycles. The van der Waals surface area contributed by atoms with Gasteiger partial charge in [0.2, 0.25) is 5.82 Å². The average Bonchev–Trinajstić information content (AvgIpc) is 2.92. The zero-order valence-electron chi connectivity index (χ0n) is 12.9. The minimum atomic E-state index is -0.268. The summed E-state index contributed by atoms with van der Waals surface area (Å²) in [4.78, 5) is 22.9. The Bertz CT molecular complexity index is 677. The Morgan fingerprint density at radius 1 is 1.32 bits per heavy atom. The van der Waals surface area contributed by atoms with Crippen LogP contribution in [-0.4, -0.2) is 69.8 Å². The monoisotopic (exact) mass is 304 g/mol. The first kappa shape index (κ1) is 14.9. The fourth-order valence-electron chi connectivity index (χ4n) is 2.49. The summed E-state index contributed by atoms with van der Waals surface area (Å²) in [6.45, 7) is 8.51. The van der Waals surface area contributed by atoms with Gasteiger partial charge in [0.15, 0.2) is 0 Å². The molecule has 0 radical (unpaired) electrons. The van der Waals surface area contributed by atoms with E-state index in [9.17, 15) is 4.79 Å². The lowest BCUT2D eigenvalue weighted by Crippen LogP contribution is -2.41. The quantitative estimate of drug-likeness (QED) is 0.842. The summed E-state index contributed by atoms with van der Waals surface area (Å²) in [5.41, 5.74) is 1.76. The Hall–Kier alpha value is -2.06. The Kier molecular flexibility index (Phi) is 4.30. The van der Waals surface area contributed by atoms with Gasteiger partial charge in [0, 0.05) is 37.6 Å². The van der Waals surface area contributed by atoms with Gasteiger partial charge in [-0.3, -0.25) is 9.69 Å². The molecule has 8 heteroatoms. The van der Waals surface area contributed by atoms with Crippen molar-refractivity contribution in [2.24, 2.45) is 0 Å². The number of nitrogens with one attached hydrogen (secondary N) is 1. The van der Waals surface area contributed by atoms with Crippen molar-refractivity contribution in [3.8, 4) is 0 Å². The summed E-state index contributed by atoms with van der Waals surface area (Å²) in [5, 5.41) is 7.07. The lowest BCUT2D eigenvalue weighted by molar-refractivity contribution is 0.0383. The first-order valence-corrected chi connectivity index (χ1v) is 7.43. The third-order valence-corrected chi connectivity index (χ3v) is 3.64. The van der Waals surface area contributed by atoms with Gasteiger partial charge in [0.25, 0.3) is 11.7 Å². The van der Waals surface area contributed by atoms with E-state index in [1.807, 2.05) is 19.9 Å².